The number of carbonyl (C=O) groups is 1. The molecule has 0 aliphatic carbocycles. The van der Waals surface area contributed by atoms with Crippen molar-refractivity contribution in [3.63, 3.8) is 0 Å². The number of amides is 1. The second-order valence-electron chi connectivity index (χ2n) is 8.61. The predicted octanol–water partition coefficient (Wildman–Crippen LogP) is 3.02. The van der Waals surface area contributed by atoms with Crippen LogP contribution in [-0.2, 0) is 0 Å². The van der Waals surface area contributed by atoms with Crippen molar-refractivity contribution in [2.75, 3.05) is 6.54 Å². The second kappa shape index (κ2) is 7.98. The number of nitrogens with zero attached hydrogens (tertiary/aromatic N) is 2. The quantitative estimate of drug-likeness (QED) is 0.728. The summed E-state index contributed by atoms with van der Waals surface area (Å²) in [5, 5.41) is 22.0. The lowest BCUT2D eigenvalue weighted by Gasteiger charge is -2.31. The summed E-state index contributed by atoms with van der Waals surface area (Å²) in [5.41, 5.74) is 0.873. The highest BCUT2D eigenvalue weighted by Crippen LogP contribution is 2.22. The molecule has 1 amide bonds. The van der Waals surface area contributed by atoms with Crippen molar-refractivity contribution < 1.29 is 9.90 Å². The van der Waals surface area contributed by atoms with Gasteiger partial charge in [0.1, 0.15) is 0 Å². The van der Waals surface area contributed by atoms with E-state index in [-0.39, 0.29) is 18.0 Å². The molecule has 2 heterocycles. The molecule has 6 heteroatoms. The Morgan fingerprint density at radius 3 is 2.74 bits per heavy atom. The molecule has 0 bridgehead atoms. The van der Waals surface area contributed by atoms with Gasteiger partial charge >= 0.3 is 0 Å². The van der Waals surface area contributed by atoms with E-state index in [4.69, 9.17) is 0 Å². The number of hydrogen-bond acceptors (Lipinski definition) is 4. The number of aliphatic hydroxyl groups is 1. The van der Waals surface area contributed by atoms with Crippen molar-refractivity contribution in [1.29, 1.82) is 0 Å². The second-order valence-corrected chi connectivity index (χ2v) is 8.61. The van der Waals surface area contributed by atoms with E-state index in [2.05, 4.69) is 29.6 Å². The lowest BCUT2D eigenvalue weighted by Crippen LogP contribution is -2.49. The van der Waals surface area contributed by atoms with Crippen molar-refractivity contribution >= 4 is 16.8 Å². The number of nitrogens with one attached hydrogen (secondary N) is 2. The maximum Gasteiger partial charge on any atom is 0.272 e. The van der Waals surface area contributed by atoms with Crippen LogP contribution in [0, 0.1) is 0 Å². The van der Waals surface area contributed by atoms with Crippen molar-refractivity contribution in [3.8, 4) is 0 Å². The van der Waals surface area contributed by atoms with Gasteiger partial charge in [0, 0.05) is 30.1 Å². The maximum absolute atomic E-state index is 12.9. The molecule has 3 N–H and O–H groups in total. The van der Waals surface area contributed by atoms with E-state index in [9.17, 15) is 9.90 Å². The fraction of sp³-hybridized carbons (Fsp3) is 0.619. The summed E-state index contributed by atoms with van der Waals surface area (Å²) in [4.78, 5) is 12.9. The monoisotopic (exact) mass is 372 g/mol. The van der Waals surface area contributed by atoms with Crippen molar-refractivity contribution in [2.24, 2.45) is 0 Å². The summed E-state index contributed by atoms with van der Waals surface area (Å²) < 4.78 is 1.91. The SMILES string of the molecule is CC(C)n1nc(C(=O)N[C@H]2CC[C@@H](CCC(C)(C)O)NC2)c2ccccc21. The molecule has 0 unspecified atom stereocenters. The lowest BCUT2D eigenvalue weighted by atomic mass is 9.93. The van der Waals surface area contributed by atoms with Gasteiger partial charge < -0.3 is 15.7 Å². The lowest BCUT2D eigenvalue weighted by molar-refractivity contribution is 0.0638. The van der Waals surface area contributed by atoms with Gasteiger partial charge in [-0.25, -0.2) is 0 Å². The standard InChI is InChI=1S/C21H32N4O2/c1-14(2)25-18-8-6-5-7-17(18)19(24-25)20(26)23-16-10-9-15(22-13-16)11-12-21(3,4)27/h5-8,14-16,22,27H,9-13H2,1-4H3,(H,23,26)/t15-,16-/m0/s1. The zero-order chi connectivity index (χ0) is 19.6. The molecule has 2 aromatic rings. The molecule has 1 aromatic heterocycles. The molecule has 0 radical (unpaired) electrons. The zero-order valence-corrected chi connectivity index (χ0v) is 16.8. The number of piperidine rings is 1. The smallest absolute Gasteiger partial charge is 0.272 e. The summed E-state index contributed by atoms with van der Waals surface area (Å²) in [7, 11) is 0. The van der Waals surface area contributed by atoms with Gasteiger partial charge in [-0.2, -0.15) is 5.10 Å². The van der Waals surface area contributed by atoms with E-state index in [1.165, 1.54) is 0 Å². The zero-order valence-electron chi connectivity index (χ0n) is 16.8. The van der Waals surface area contributed by atoms with Gasteiger partial charge in [0.25, 0.3) is 5.91 Å². The molecule has 27 heavy (non-hydrogen) atoms. The highest BCUT2D eigenvalue weighted by molar-refractivity contribution is 6.05. The molecule has 3 rings (SSSR count). The molecule has 0 saturated carbocycles. The number of fused-ring (bicyclic) bond motifs is 1. The van der Waals surface area contributed by atoms with Crippen molar-refractivity contribution in [1.82, 2.24) is 20.4 Å². The minimum atomic E-state index is -0.622. The highest BCUT2D eigenvalue weighted by Gasteiger charge is 2.26. The van der Waals surface area contributed by atoms with Crippen LogP contribution in [0.15, 0.2) is 24.3 Å². The third-order valence-electron chi connectivity index (χ3n) is 5.27. The molecular weight excluding hydrogens is 340 g/mol. The average molecular weight is 373 g/mol. The fourth-order valence-corrected chi connectivity index (χ4v) is 3.72. The van der Waals surface area contributed by atoms with Gasteiger partial charge in [-0.1, -0.05) is 18.2 Å². The molecule has 1 aromatic carbocycles. The first kappa shape index (κ1) is 19.8. The largest absolute Gasteiger partial charge is 0.390 e. The normalized spacial score (nSPS) is 21.0. The summed E-state index contributed by atoms with van der Waals surface area (Å²) in [6.07, 6.45) is 3.67. The molecule has 6 nitrogen and oxygen atoms in total. The van der Waals surface area contributed by atoms with Crippen LogP contribution >= 0.6 is 0 Å². The first-order valence-corrected chi connectivity index (χ1v) is 9.98. The predicted molar refractivity (Wildman–Crippen MR) is 108 cm³/mol. The van der Waals surface area contributed by atoms with E-state index in [1.54, 1.807) is 0 Å². The summed E-state index contributed by atoms with van der Waals surface area (Å²) in [6.45, 7) is 8.59. The van der Waals surface area contributed by atoms with Crippen LogP contribution in [-0.4, -0.2) is 45.0 Å². The van der Waals surface area contributed by atoms with E-state index in [0.29, 0.717) is 11.7 Å². The van der Waals surface area contributed by atoms with Crippen LogP contribution in [0.25, 0.3) is 10.9 Å². The topological polar surface area (TPSA) is 79.2 Å². The molecule has 1 aliphatic heterocycles. The van der Waals surface area contributed by atoms with Gasteiger partial charge in [-0.3, -0.25) is 9.48 Å². The Hall–Kier alpha value is -1.92. The average Bonchev–Trinajstić information content (AvgIpc) is 3.00. The maximum atomic E-state index is 12.9. The van der Waals surface area contributed by atoms with Gasteiger partial charge in [0.2, 0.25) is 0 Å². The Bertz CT molecular complexity index is 783. The molecule has 148 valence electrons. The van der Waals surface area contributed by atoms with Crippen LogP contribution < -0.4 is 10.6 Å². The van der Waals surface area contributed by atoms with Gasteiger partial charge in [-0.05, 0) is 59.4 Å². The van der Waals surface area contributed by atoms with E-state index >= 15 is 0 Å². The van der Waals surface area contributed by atoms with Crippen LogP contribution in [0.4, 0.5) is 0 Å². The Morgan fingerprint density at radius 2 is 2.11 bits per heavy atom. The fourth-order valence-electron chi connectivity index (χ4n) is 3.72. The number of benzene rings is 1. The number of hydrogen-bond donors (Lipinski definition) is 3. The first-order chi connectivity index (χ1) is 12.7. The minimum absolute atomic E-state index is 0.104. The first-order valence-electron chi connectivity index (χ1n) is 9.98. The summed E-state index contributed by atoms with van der Waals surface area (Å²) >= 11 is 0. The van der Waals surface area contributed by atoms with Gasteiger partial charge in [0.05, 0.1) is 11.1 Å². The Balaban J connectivity index is 1.61. The summed E-state index contributed by atoms with van der Waals surface area (Å²) in [6, 6.07) is 8.61. The van der Waals surface area contributed by atoms with Crippen LogP contribution in [0.5, 0.6) is 0 Å². The third-order valence-corrected chi connectivity index (χ3v) is 5.27. The summed E-state index contributed by atoms with van der Waals surface area (Å²) in [5.74, 6) is -0.104. The number of aromatic nitrogens is 2. The van der Waals surface area contributed by atoms with Gasteiger partial charge in [-0.15, -0.1) is 0 Å². The Kier molecular flexibility index (Phi) is 5.86. The third kappa shape index (κ3) is 4.87. The van der Waals surface area contributed by atoms with Crippen LogP contribution in [0.1, 0.15) is 69.9 Å². The molecular formula is C21H32N4O2. The van der Waals surface area contributed by atoms with Crippen LogP contribution in [0.3, 0.4) is 0 Å². The Labute approximate surface area is 161 Å². The van der Waals surface area contributed by atoms with E-state index in [1.807, 2.05) is 42.8 Å². The number of para-hydroxylation sites is 1. The van der Waals surface area contributed by atoms with Crippen molar-refractivity contribution in [2.45, 2.75) is 77.1 Å². The van der Waals surface area contributed by atoms with Gasteiger partial charge in [0.15, 0.2) is 5.69 Å². The molecule has 1 aliphatic rings. The molecule has 1 fully saturated rings. The molecule has 1 saturated heterocycles. The van der Waals surface area contributed by atoms with Crippen LogP contribution in [0.2, 0.25) is 0 Å². The number of carbonyl (C=O) groups excluding carboxylic acids is 1. The number of rotatable bonds is 6. The molecule has 2 atom stereocenters. The van der Waals surface area contributed by atoms with E-state index < -0.39 is 5.60 Å². The molecule has 0 spiro atoms. The van der Waals surface area contributed by atoms with E-state index in [0.717, 1.165) is 43.1 Å². The van der Waals surface area contributed by atoms with Crippen molar-refractivity contribution in [3.05, 3.63) is 30.0 Å². The highest BCUT2D eigenvalue weighted by atomic mass is 16.3. The Morgan fingerprint density at radius 1 is 1.37 bits per heavy atom. The minimum Gasteiger partial charge on any atom is -0.390 e.